The lowest BCUT2D eigenvalue weighted by Gasteiger charge is -2.26. The molecule has 2 aromatic heterocycles. The number of aryl methyl sites for hydroxylation is 1. The normalized spacial score (nSPS) is 16.1. The van der Waals surface area contributed by atoms with Gasteiger partial charge < -0.3 is 16.0 Å². The van der Waals surface area contributed by atoms with Crippen LogP contribution >= 0.6 is 0 Å². The van der Waals surface area contributed by atoms with Gasteiger partial charge in [-0.25, -0.2) is 13.4 Å². The number of amides is 2. The average Bonchev–Trinajstić information content (AvgIpc) is 3.16. The van der Waals surface area contributed by atoms with E-state index in [0.717, 1.165) is 12.5 Å². The van der Waals surface area contributed by atoms with Crippen molar-refractivity contribution in [3.05, 3.63) is 70.5 Å². The summed E-state index contributed by atoms with van der Waals surface area (Å²) in [5.74, 6) is -1.32. The van der Waals surface area contributed by atoms with Crippen molar-refractivity contribution in [1.82, 2.24) is 20.1 Å². The molecular formula is C25H28N6O4S. The first kappa shape index (κ1) is 25.2. The van der Waals surface area contributed by atoms with Crippen molar-refractivity contribution in [1.29, 1.82) is 5.41 Å². The number of carbonyl (C=O) groups is 2. The molecule has 2 amide bonds. The Hall–Kier alpha value is -3.86. The van der Waals surface area contributed by atoms with Gasteiger partial charge in [0.2, 0.25) is 5.91 Å². The van der Waals surface area contributed by atoms with Crippen LogP contribution in [0.2, 0.25) is 0 Å². The number of aromatic nitrogens is 3. The number of rotatable bonds is 8. The van der Waals surface area contributed by atoms with E-state index in [1.54, 1.807) is 12.1 Å². The predicted molar refractivity (Wildman–Crippen MR) is 137 cm³/mol. The Kier molecular flexibility index (Phi) is 7.02. The molecule has 2 unspecified atom stereocenters. The number of anilines is 1. The number of hydrogen-bond donors (Lipinski definition) is 3. The maximum atomic E-state index is 13.2. The van der Waals surface area contributed by atoms with Gasteiger partial charge in [-0.2, -0.15) is 9.78 Å². The number of hydrogen-bond acceptors (Lipinski definition) is 7. The van der Waals surface area contributed by atoms with Crippen LogP contribution in [0.15, 0.2) is 42.6 Å². The molecule has 0 bridgehead atoms. The van der Waals surface area contributed by atoms with Crippen LogP contribution in [0.3, 0.4) is 0 Å². The molecule has 36 heavy (non-hydrogen) atoms. The maximum absolute atomic E-state index is 13.2. The van der Waals surface area contributed by atoms with E-state index in [4.69, 9.17) is 5.41 Å². The van der Waals surface area contributed by atoms with Crippen molar-refractivity contribution >= 4 is 33.7 Å². The molecule has 188 valence electrons. The first-order chi connectivity index (χ1) is 17.0. The van der Waals surface area contributed by atoms with Gasteiger partial charge in [0, 0.05) is 36.7 Å². The minimum Gasteiger partial charge on any atom is -0.349 e. The van der Waals surface area contributed by atoms with E-state index < -0.39 is 27.4 Å². The van der Waals surface area contributed by atoms with Gasteiger partial charge in [0.1, 0.15) is 11.3 Å². The minimum atomic E-state index is -3.58. The summed E-state index contributed by atoms with van der Waals surface area (Å²) in [5, 5.41) is 17.5. The fraction of sp³-hybridized carbons (Fsp3) is 0.320. The SMILES string of the molecule is Cc1cccc(C(C)CC2Cc3nn(-c4ccc(C=N)cn4)c(NC(=O)CS(C)(=O)=O)c3C(=O)N2)c1. The van der Waals surface area contributed by atoms with Gasteiger partial charge in [0.15, 0.2) is 21.5 Å². The smallest absolute Gasteiger partial charge is 0.257 e. The van der Waals surface area contributed by atoms with Crippen LogP contribution in [0.25, 0.3) is 5.82 Å². The van der Waals surface area contributed by atoms with Crippen LogP contribution < -0.4 is 10.6 Å². The van der Waals surface area contributed by atoms with Crippen LogP contribution in [-0.2, 0) is 21.1 Å². The molecule has 3 heterocycles. The van der Waals surface area contributed by atoms with Crippen molar-refractivity contribution in [2.75, 3.05) is 17.3 Å². The highest BCUT2D eigenvalue weighted by molar-refractivity contribution is 7.91. The summed E-state index contributed by atoms with van der Waals surface area (Å²) in [6.07, 6.45) is 4.72. The molecule has 0 aliphatic carbocycles. The lowest BCUT2D eigenvalue weighted by Crippen LogP contribution is -2.42. The average molecular weight is 509 g/mol. The third kappa shape index (κ3) is 5.68. The van der Waals surface area contributed by atoms with E-state index in [1.807, 2.05) is 19.1 Å². The topological polar surface area (TPSA) is 147 Å². The van der Waals surface area contributed by atoms with Crippen LogP contribution in [0, 0.1) is 12.3 Å². The Morgan fingerprint density at radius 2 is 2.11 bits per heavy atom. The number of pyridine rings is 1. The zero-order valence-corrected chi connectivity index (χ0v) is 21.1. The van der Waals surface area contributed by atoms with Crippen molar-refractivity contribution in [3.8, 4) is 5.82 Å². The minimum absolute atomic E-state index is 0.0661. The van der Waals surface area contributed by atoms with Crippen LogP contribution in [0.1, 0.15) is 52.0 Å². The number of fused-ring (bicyclic) bond motifs is 1. The van der Waals surface area contributed by atoms with Gasteiger partial charge in [-0.05, 0) is 37.0 Å². The second-order valence-electron chi connectivity index (χ2n) is 9.22. The summed E-state index contributed by atoms with van der Waals surface area (Å²) in [5.41, 5.74) is 3.61. The van der Waals surface area contributed by atoms with Gasteiger partial charge in [-0.15, -0.1) is 0 Å². The Labute approximate surface area is 209 Å². The summed E-state index contributed by atoms with van der Waals surface area (Å²) in [4.78, 5) is 30.0. The third-order valence-electron chi connectivity index (χ3n) is 6.01. The molecule has 0 spiro atoms. The standard InChI is InChI=1S/C25H28N6O4S/c1-15-5-4-6-18(9-15)16(2)10-19-11-20-23(25(33)28-19)24(29-22(32)14-36(3,34)35)31(30-20)21-8-7-17(12-26)13-27-21/h4-9,12-13,16,19,26H,10-11,14H2,1-3H3,(H,28,33)(H,29,32). The van der Waals surface area contributed by atoms with Crippen molar-refractivity contribution in [2.45, 2.75) is 38.6 Å². The first-order valence-corrected chi connectivity index (χ1v) is 13.5. The number of nitrogens with one attached hydrogen (secondary N) is 3. The van der Waals surface area contributed by atoms with E-state index in [2.05, 4.69) is 39.8 Å². The summed E-state index contributed by atoms with van der Waals surface area (Å²) >= 11 is 0. The van der Waals surface area contributed by atoms with Crippen LogP contribution in [0.4, 0.5) is 5.82 Å². The van der Waals surface area contributed by atoms with Crippen molar-refractivity contribution in [2.24, 2.45) is 0 Å². The van der Waals surface area contributed by atoms with E-state index >= 15 is 0 Å². The molecule has 0 fully saturated rings. The Bertz CT molecular complexity index is 1430. The molecule has 10 nitrogen and oxygen atoms in total. The number of carbonyl (C=O) groups excluding carboxylic acids is 2. The molecule has 0 saturated heterocycles. The Morgan fingerprint density at radius 1 is 1.33 bits per heavy atom. The highest BCUT2D eigenvalue weighted by Gasteiger charge is 2.34. The van der Waals surface area contributed by atoms with E-state index in [0.29, 0.717) is 29.9 Å². The molecule has 11 heteroatoms. The molecule has 1 aliphatic rings. The molecule has 3 aromatic rings. The lowest BCUT2D eigenvalue weighted by molar-refractivity contribution is -0.113. The molecule has 2 atom stereocenters. The Morgan fingerprint density at radius 3 is 2.75 bits per heavy atom. The van der Waals surface area contributed by atoms with E-state index in [-0.39, 0.29) is 23.3 Å². The van der Waals surface area contributed by atoms with E-state index in [1.165, 1.54) is 22.0 Å². The third-order valence-corrected chi connectivity index (χ3v) is 6.80. The van der Waals surface area contributed by atoms with Crippen molar-refractivity contribution < 1.29 is 18.0 Å². The Balaban J connectivity index is 1.67. The van der Waals surface area contributed by atoms with E-state index in [9.17, 15) is 18.0 Å². The predicted octanol–water partition coefficient (Wildman–Crippen LogP) is 2.40. The first-order valence-electron chi connectivity index (χ1n) is 11.5. The lowest BCUT2D eigenvalue weighted by atomic mass is 9.89. The fourth-order valence-corrected chi connectivity index (χ4v) is 4.91. The maximum Gasteiger partial charge on any atom is 0.257 e. The zero-order valence-electron chi connectivity index (χ0n) is 20.3. The molecule has 1 aliphatic heterocycles. The van der Waals surface area contributed by atoms with Gasteiger partial charge in [0.25, 0.3) is 5.91 Å². The van der Waals surface area contributed by atoms with Gasteiger partial charge in [0.05, 0.1) is 5.69 Å². The molecule has 0 radical (unpaired) electrons. The largest absolute Gasteiger partial charge is 0.349 e. The van der Waals surface area contributed by atoms with Gasteiger partial charge in [-0.1, -0.05) is 36.8 Å². The number of sulfone groups is 1. The zero-order chi connectivity index (χ0) is 26.0. The summed E-state index contributed by atoms with van der Waals surface area (Å²) < 4.78 is 24.6. The van der Waals surface area contributed by atoms with Crippen LogP contribution in [0.5, 0.6) is 0 Å². The molecule has 4 rings (SSSR count). The quantitative estimate of drug-likeness (QED) is 0.398. The highest BCUT2D eigenvalue weighted by atomic mass is 32.2. The molecule has 3 N–H and O–H groups in total. The number of benzene rings is 1. The fourth-order valence-electron chi connectivity index (χ4n) is 4.36. The second-order valence-corrected chi connectivity index (χ2v) is 11.4. The second kappa shape index (κ2) is 10.0. The monoisotopic (exact) mass is 508 g/mol. The molecule has 1 aromatic carbocycles. The summed E-state index contributed by atoms with van der Waals surface area (Å²) in [6.45, 7) is 4.15. The molecular weight excluding hydrogens is 480 g/mol. The summed E-state index contributed by atoms with van der Waals surface area (Å²) in [7, 11) is -3.58. The van der Waals surface area contributed by atoms with Gasteiger partial charge in [-0.3, -0.25) is 9.59 Å². The van der Waals surface area contributed by atoms with Gasteiger partial charge >= 0.3 is 0 Å². The van der Waals surface area contributed by atoms with Crippen LogP contribution in [-0.4, -0.2) is 59.3 Å². The number of nitrogens with zero attached hydrogens (tertiary/aromatic N) is 3. The molecule has 0 saturated carbocycles. The summed E-state index contributed by atoms with van der Waals surface area (Å²) in [6, 6.07) is 11.4. The van der Waals surface area contributed by atoms with Crippen molar-refractivity contribution in [3.63, 3.8) is 0 Å². The highest BCUT2D eigenvalue weighted by Crippen LogP contribution is 2.30.